The topological polar surface area (TPSA) is 232 Å². The van der Waals surface area contributed by atoms with Gasteiger partial charge in [-0.3, -0.25) is 24.0 Å². The summed E-state index contributed by atoms with van der Waals surface area (Å²) in [5.41, 5.74) is 2.87. The Bertz CT molecular complexity index is 2900. The van der Waals surface area contributed by atoms with Gasteiger partial charge in [0.2, 0.25) is 35.5 Å². The largest absolute Gasteiger partial charge is 0.507 e. The highest BCUT2D eigenvalue weighted by atomic mass is 35.5. The number of phenols is 1. The number of ether oxygens (including phenoxy) is 2. The van der Waals surface area contributed by atoms with Crippen molar-refractivity contribution in [3.8, 4) is 27.3 Å². The second kappa shape index (κ2) is 25.0. The predicted molar refractivity (Wildman–Crippen MR) is 285 cm³/mol. The Kier molecular flexibility index (Phi) is 18.8. The van der Waals surface area contributed by atoms with Crippen molar-refractivity contribution in [3.05, 3.63) is 82.0 Å². The molecule has 2 saturated heterocycles. The van der Waals surface area contributed by atoms with E-state index in [0.29, 0.717) is 32.0 Å². The molecule has 2 aliphatic rings. The molecule has 2 aromatic heterocycles. The summed E-state index contributed by atoms with van der Waals surface area (Å²) >= 11 is 8.12. The van der Waals surface area contributed by atoms with Gasteiger partial charge in [0.25, 0.3) is 0 Å². The lowest BCUT2D eigenvalue weighted by Gasteiger charge is -2.35. The van der Waals surface area contributed by atoms with E-state index in [0.717, 1.165) is 27.8 Å². The molecule has 19 nitrogen and oxygen atoms in total. The van der Waals surface area contributed by atoms with Gasteiger partial charge in [0.05, 0.1) is 58.6 Å². The van der Waals surface area contributed by atoms with E-state index in [1.807, 2.05) is 43.0 Å². The Morgan fingerprint density at radius 2 is 1.68 bits per heavy atom. The van der Waals surface area contributed by atoms with Gasteiger partial charge in [-0.2, -0.15) is 4.98 Å². The number of hydrogen-bond donors (Lipinski definition) is 5. The third kappa shape index (κ3) is 13.7. The van der Waals surface area contributed by atoms with Crippen molar-refractivity contribution in [1.29, 1.82) is 0 Å². The number of likely N-dealkylation sites (tertiary alicyclic amines) is 1. The molecule has 3 aromatic carbocycles. The maximum atomic E-state index is 16.5. The number of hydrogen-bond acceptors (Lipinski definition) is 15. The smallest absolute Gasteiger partial charge is 0.246 e. The molecule has 76 heavy (non-hydrogen) atoms. The first-order valence-electron chi connectivity index (χ1n) is 25.0. The molecule has 0 bridgehead atoms. The second-order valence-electron chi connectivity index (χ2n) is 20.0. The van der Waals surface area contributed by atoms with Crippen molar-refractivity contribution in [2.24, 2.45) is 5.41 Å². The van der Waals surface area contributed by atoms with Crippen LogP contribution in [0.25, 0.3) is 32.5 Å². The van der Waals surface area contributed by atoms with E-state index in [4.69, 9.17) is 21.1 Å². The monoisotopic (exact) mass is 1090 g/mol. The zero-order chi connectivity index (χ0) is 55.0. The minimum absolute atomic E-state index is 0.00623. The Hall–Kier alpha value is -6.59. The number of phenolic OH excluding ortho intramolecular Hbond substituents is 1. The number of aryl methyl sites for hydroxylation is 1. The molecule has 23 heteroatoms. The number of piperazine rings is 1. The first-order valence-corrected chi connectivity index (χ1v) is 26.3. The number of anilines is 2. The van der Waals surface area contributed by atoms with Crippen LogP contribution in [0.5, 0.6) is 5.75 Å². The van der Waals surface area contributed by atoms with Crippen LogP contribution in [0.3, 0.4) is 0 Å². The summed E-state index contributed by atoms with van der Waals surface area (Å²) in [5.74, 6) is -3.88. The molecule has 0 spiro atoms. The predicted octanol–water partition coefficient (Wildman–Crippen LogP) is 5.70. The number of nitrogens with zero attached hydrogens (tertiary/aromatic N) is 7. The number of aromatic nitrogens is 3. The molecule has 7 rings (SSSR count). The second-order valence-corrected chi connectivity index (χ2v) is 21.2. The summed E-state index contributed by atoms with van der Waals surface area (Å²) in [5, 5.41) is 30.0. The number of carbonyl (C=O) groups is 5. The van der Waals surface area contributed by atoms with E-state index in [-0.39, 0.29) is 104 Å². The normalized spacial score (nSPS) is 16.6. The molecule has 0 saturated carbocycles. The van der Waals surface area contributed by atoms with Gasteiger partial charge < -0.3 is 55.2 Å². The zero-order valence-electron chi connectivity index (χ0n) is 43.6. The van der Waals surface area contributed by atoms with Gasteiger partial charge in [-0.05, 0) is 48.6 Å². The number of β-amino-alcohol motifs (C(OH)–C–C–N with tert-alkyl or cyclic N) is 1. The number of halogens is 3. The number of likely N-dealkylation sites (N-methyl/N-ethyl adjacent to an activating group) is 1. The number of amides is 5. The standard InChI is InChI=1S/C53H65ClF2N10O9S/c1-30(33-11-13-34(14-12-33)47-31(2)58-29-76-47)59-50(72)39-25-35(68)27-66(39)51(73)48(53(4,5)6)60-41(70)28-75-24-23-74-22-21-63(7)42(71)15-16-57-52-61-46-36(49(62-52)65-19-17-64(18-20-65)32(3)67)26-37(54)43(45(46)56)44-38(55)9-8-10-40(44)69/h8-14,26,29-30,35,39,48,68-69H,15-25,27-28H2,1-7H3,(H,59,72)(H,60,70)(H,57,61,62)/t30-,35+,39-,48+/m0/s1. The lowest BCUT2D eigenvalue weighted by molar-refractivity contribution is -0.144. The van der Waals surface area contributed by atoms with Crippen LogP contribution < -0.4 is 20.9 Å². The highest BCUT2D eigenvalue weighted by Crippen LogP contribution is 2.43. The van der Waals surface area contributed by atoms with E-state index in [2.05, 4.69) is 30.9 Å². The quantitative estimate of drug-likeness (QED) is 0.0589. The highest BCUT2D eigenvalue weighted by Gasteiger charge is 2.45. The number of nitrogens with one attached hydrogen (secondary N) is 3. The third-order valence-corrected chi connectivity index (χ3v) is 14.7. The van der Waals surface area contributed by atoms with Crippen LogP contribution >= 0.6 is 22.9 Å². The summed E-state index contributed by atoms with van der Waals surface area (Å²) < 4.78 is 42.7. The first kappa shape index (κ1) is 57.1. The third-order valence-electron chi connectivity index (χ3n) is 13.4. The maximum Gasteiger partial charge on any atom is 0.246 e. The molecule has 5 N–H and O–H groups in total. The van der Waals surface area contributed by atoms with E-state index >= 15 is 8.78 Å². The van der Waals surface area contributed by atoms with Crippen LogP contribution in [-0.2, 0) is 33.4 Å². The van der Waals surface area contributed by atoms with Crippen LogP contribution in [0.1, 0.15) is 64.8 Å². The molecule has 5 aromatic rings. The van der Waals surface area contributed by atoms with Gasteiger partial charge >= 0.3 is 0 Å². The Labute approximate surface area is 448 Å². The van der Waals surface area contributed by atoms with Crippen LogP contribution in [0.15, 0.2) is 54.0 Å². The summed E-state index contributed by atoms with van der Waals surface area (Å²) in [6.45, 7) is 12.3. The number of carbonyl (C=O) groups excluding carboxylic acids is 5. The molecular formula is C53H65ClF2N10O9S. The van der Waals surface area contributed by atoms with Gasteiger partial charge in [0.1, 0.15) is 41.6 Å². The minimum atomic E-state index is -1.04. The van der Waals surface area contributed by atoms with Crippen molar-refractivity contribution in [1.82, 2.24) is 40.3 Å². The number of rotatable bonds is 20. The van der Waals surface area contributed by atoms with Crippen LogP contribution in [0, 0.1) is 24.0 Å². The van der Waals surface area contributed by atoms with Crippen LogP contribution in [-0.4, -0.2) is 167 Å². The van der Waals surface area contributed by atoms with Crippen molar-refractivity contribution >= 4 is 75.1 Å². The average molecular weight is 1090 g/mol. The van der Waals surface area contributed by atoms with Crippen molar-refractivity contribution in [2.45, 2.75) is 78.6 Å². The lowest BCUT2D eigenvalue weighted by Crippen LogP contribution is -2.58. The molecular weight excluding hydrogens is 1030 g/mol. The van der Waals surface area contributed by atoms with Crippen molar-refractivity contribution in [2.75, 3.05) is 89.5 Å². The Balaban J connectivity index is 0.859. The number of aliphatic hydroxyl groups is 1. The van der Waals surface area contributed by atoms with Crippen molar-refractivity contribution < 1.29 is 52.4 Å². The molecule has 2 aliphatic heterocycles. The summed E-state index contributed by atoms with van der Waals surface area (Å²) in [6.07, 6.45) is -0.885. The molecule has 4 heterocycles. The van der Waals surface area contributed by atoms with Gasteiger partial charge in [0, 0.05) is 83.6 Å². The van der Waals surface area contributed by atoms with Gasteiger partial charge in [-0.15, -0.1) is 11.3 Å². The summed E-state index contributed by atoms with van der Waals surface area (Å²) in [4.78, 5) is 86.9. The van der Waals surface area contributed by atoms with Crippen LogP contribution in [0.4, 0.5) is 20.5 Å². The Morgan fingerprint density at radius 1 is 0.974 bits per heavy atom. The SMILES string of the molecule is CC(=O)N1CCN(c2nc(NCCC(=O)N(C)CCOCCOCC(=O)N[C@H](C(=O)N3C[C@H](O)C[C@H]3C(=O)N[C@@H](C)c3ccc(-c4scnc4C)cc3)C(C)(C)C)nc3c(F)c(-c4c(O)cccc4F)c(Cl)cc23)CC1. The fourth-order valence-electron chi connectivity index (χ4n) is 9.12. The zero-order valence-corrected chi connectivity index (χ0v) is 45.2. The molecule has 0 radical (unpaired) electrons. The van der Waals surface area contributed by atoms with E-state index in [1.165, 1.54) is 34.9 Å². The molecule has 0 unspecified atom stereocenters. The Morgan fingerprint density at radius 3 is 2.34 bits per heavy atom. The number of benzene rings is 3. The molecule has 408 valence electrons. The fraction of sp³-hybridized carbons (Fsp3) is 0.472. The number of aromatic hydroxyl groups is 1. The van der Waals surface area contributed by atoms with E-state index in [1.54, 1.807) is 49.6 Å². The van der Waals surface area contributed by atoms with E-state index < -0.39 is 64.3 Å². The highest BCUT2D eigenvalue weighted by molar-refractivity contribution is 7.13. The fourth-order valence-corrected chi connectivity index (χ4v) is 10.2. The summed E-state index contributed by atoms with van der Waals surface area (Å²) in [7, 11) is 1.60. The lowest BCUT2D eigenvalue weighted by atomic mass is 9.85. The van der Waals surface area contributed by atoms with Gasteiger partial charge in [0.15, 0.2) is 5.82 Å². The number of thiazole rings is 1. The molecule has 0 aliphatic carbocycles. The van der Waals surface area contributed by atoms with Gasteiger partial charge in [-0.1, -0.05) is 62.7 Å². The number of aliphatic hydroxyl groups excluding tert-OH is 1. The van der Waals surface area contributed by atoms with Crippen LogP contribution in [0.2, 0.25) is 5.02 Å². The summed E-state index contributed by atoms with van der Waals surface area (Å²) in [6, 6.07) is 10.5. The molecule has 2 fully saturated rings. The first-order chi connectivity index (χ1) is 36.1. The van der Waals surface area contributed by atoms with Crippen molar-refractivity contribution in [3.63, 3.8) is 0 Å². The maximum absolute atomic E-state index is 16.5. The van der Waals surface area contributed by atoms with E-state index in [9.17, 15) is 34.2 Å². The average Bonchev–Trinajstić information content (AvgIpc) is 4.03. The molecule has 5 amide bonds. The van der Waals surface area contributed by atoms with Gasteiger partial charge in [-0.25, -0.2) is 18.7 Å². The molecule has 4 atom stereocenters. The minimum Gasteiger partial charge on any atom is -0.507 e. The number of fused-ring (bicyclic) bond motifs is 1.